The molecular formula is C8H18BNO2. The molecule has 4 heteroatoms. The van der Waals surface area contributed by atoms with Crippen molar-refractivity contribution in [2.75, 3.05) is 0 Å². The summed E-state index contributed by atoms with van der Waals surface area (Å²) in [6, 6.07) is 0. The Hall–Kier alpha value is -0.0551. The molecule has 1 rings (SSSR count). The van der Waals surface area contributed by atoms with Crippen LogP contribution in [-0.4, -0.2) is 23.1 Å². The maximum absolute atomic E-state index is 8.78. The Morgan fingerprint density at radius 1 is 1.25 bits per heavy atom. The summed E-state index contributed by atoms with van der Waals surface area (Å²) in [4.78, 5) is 0. The van der Waals surface area contributed by atoms with Crippen LogP contribution < -0.4 is 5.73 Å². The van der Waals surface area contributed by atoms with Gasteiger partial charge in [0.05, 0.1) is 0 Å². The Morgan fingerprint density at radius 2 is 1.83 bits per heavy atom. The summed E-state index contributed by atoms with van der Waals surface area (Å²) in [6.07, 6.45) is 7.06. The number of rotatable bonds is 3. The second kappa shape index (κ2) is 4.85. The highest BCUT2D eigenvalue weighted by Gasteiger charge is 2.23. The summed E-state index contributed by atoms with van der Waals surface area (Å²) in [5.41, 5.74) is 5.55. The molecule has 1 atom stereocenters. The molecule has 1 aliphatic carbocycles. The van der Waals surface area contributed by atoms with Crippen LogP contribution in [0.15, 0.2) is 0 Å². The van der Waals surface area contributed by atoms with E-state index in [2.05, 4.69) is 0 Å². The van der Waals surface area contributed by atoms with Gasteiger partial charge < -0.3 is 15.8 Å². The van der Waals surface area contributed by atoms with Crippen molar-refractivity contribution in [3.8, 4) is 0 Å². The SMILES string of the molecule is N[C@@H](CC1CCCCC1)B(O)O. The molecule has 0 bridgehead atoms. The quantitative estimate of drug-likeness (QED) is 0.535. The molecule has 1 fully saturated rings. The molecular weight excluding hydrogens is 153 g/mol. The van der Waals surface area contributed by atoms with E-state index in [1.54, 1.807) is 0 Å². The standard InChI is InChI=1S/C8H18BNO2/c10-8(9(11)12)6-7-4-2-1-3-5-7/h7-8,11-12H,1-6,10H2/t8-/m0/s1. The fraction of sp³-hybridized carbons (Fsp3) is 1.00. The second-order valence-corrected chi connectivity index (χ2v) is 3.82. The Balaban J connectivity index is 2.20. The van der Waals surface area contributed by atoms with E-state index in [0.717, 1.165) is 6.42 Å². The number of hydrogen-bond donors (Lipinski definition) is 3. The van der Waals surface area contributed by atoms with E-state index in [-0.39, 0.29) is 0 Å². The van der Waals surface area contributed by atoms with Crippen molar-refractivity contribution in [2.24, 2.45) is 11.7 Å². The van der Waals surface area contributed by atoms with Crippen molar-refractivity contribution < 1.29 is 10.0 Å². The van der Waals surface area contributed by atoms with Crippen LogP contribution in [0.3, 0.4) is 0 Å². The lowest BCUT2D eigenvalue weighted by Gasteiger charge is -2.23. The van der Waals surface area contributed by atoms with E-state index >= 15 is 0 Å². The predicted octanol–water partition coefficient (Wildman–Crippen LogP) is 0.296. The third-order valence-electron chi connectivity index (χ3n) is 2.71. The van der Waals surface area contributed by atoms with Gasteiger partial charge in [-0.25, -0.2) is 0 Å². The number of nitrogens with two attached hydrogens (primary N) is 1. The van der Waals surface area contributed by atoms with Crippen LogP contribution in [0.5, 0.6) is 0 Å². The van der Waals surface area contributed by atoms with E-state index in [0.29, 0.717) is 5.92 Å². The first-order valence-electron chi connectivity index (χ1n) is 4.82. The van der Waals surface area contributed by atoms with Gasteiger partial charge in [-0.1, -0.05) is 32.1 Å². The molecule has 0 spiro atoms. The minimum atomic E-state index is -1.34. The van der Waals surface area contributed by atoms with Gasteiger partial charge in [0.25, 0.3) is 0 Å². The highest BCUT2D eigenvalue weighted by Crippen LogP contribution is 2.26. The van der Waals surface area contributed by atoms with E-state index in [4.69, 9.17) is 15.8 Å². The van der Waals surface area contributed by atoms with Gasteiger partial charge in [-0.05, 0) is 12.3 Å². The zero-order valence-electron chi connectivity index (χ0n) is 7.45. The highest BCUT2D eigenvalue weighted by atomic mass is 16.4. The van der Waals surface area contributed by atoms with Gasteiger partial charge in [0.2, 0.25) is 0 Å². The molecule has 12 heavy (non-hydrogen) atoms. The summed E-state index contributed by atoms with van der Waals surface area (Å²) in [5.74, 6) is 0.170. The Morgan fingerprint density at radius 3 is 2.33 bits per heavy atom. The van der Waals surface area contributed by atoms with Crippen LogP contribution in [0.4, 0.5) is 0 Å². The van der Waals surface area contributed by atoms with Crippen LogP contribution in [-0.2, 0) is 0 Å². The largest absolute Gasteiger partial charge is 0.469 e. The van der Waals surface area contributed by atoms with Crippen molar-refractivity contribution >= 4 is 7.12 Å². The van der Waals surface area contributed by atoms with Gasteiger partial charge in [0.1, 0.15) is 0 Å². The Bertz CT molecular complexity index is 126. The minimum Gasteiger partial charge on any atom is -0.426 e. The van der Waals surface area contributed by atoms with Crippen molar-refractivity contribution in [1.82, 2.24) is 0 Å². The molecule has 0 radical (unpaired) electrons. The molecule has 1 saturated carbocycles. The van der Waals surface area contributed by atoms with Gasteiger partial charge in [-0.3, -0.25) is 0 Å². The molecule has 3 nitrogen and oxygen atoms in total. The molecule has 0 aliphatic heterocycles. The molecule has 0 aromatic carbocycles. The minimum absolute atomic E-state index is 0.451. The Kier molecular flexibility index (Phi) is 4.05. The van der Waals surface area contributed by atoms with Crippen LogP contribution >= 0.6 is 0 Å². The van der Waals surface area contributed by atoms with E-state index in [1.165, 1.54) is 32.1 Å². The molecule has 0 heterocycles. The summed E-state index contributed by atoms with van der Waals surface area (Å²) in [7, 11) is -1.34. The van der Waals surface area contributed by atoms with Gasteiger partial charge in [0.15, 0.2) is 0 Å². The zero-order chi connectivity index (χ0) is 8.97. The lowest BCUT2D eigenvalue weighted by Crippen LogP contribution is -2.40. The third kappa shape index (κ3) is 3.13. The smallest absolute Gasteiger partial charge is 0.426 e. The van der Waals surface area contributed by atoms with Gasteiger partial charge in [-0.2, -0.15) is 0 Å². The molecule has 0 aromatic heterocycles. The van der Waals surface area contributed by atoms with E-state index in [1.807, 2.05) is 0 Å². The summed E-state index contributed by atoms with van der Waals surface area (Å²) >= 11 is 0. The zero-order valence-corrected chi connectivity index (χ0v) is 7.45. The first-order valence-corrected chi connectivity index (χ1v) is 4.82. The molecule has 0 aromatic rings. The fourth-order valence-corrected chi connectivity index (χ4v) is 1.93. The second-order valence-electron chi connectivity index (χ2n) is 3.82. The van der Waals surface area contributed by atoms with Gasteiger partial charge in [0, 0.05) is 5.94 Å². The normalized spacial score (nSPS) is 22.2. The van der Waals surface area contributed by atoms with E-state index in [9.17, 15) is 0 Å². The average molecular weight is 171 g/mol. The first kappa shape index (κ1) is 10.0. The molecule has 70 valence electrons. The lowest BCUT2D eigenvalue weighted by molar-refractivity contribution is 0.310. The monoisotopic (exact) mass is 171 g/mol. The molecule has 0 unspecified atom stereocenters. The maximum atomic E-state index is 8.78. The summed E-state index contributed by atoms with van der Waals surface area (Å²) in [5, 5.41) is 17.6. The molecule has 1 aliphatic rings. The van der Waals surface area contributed by atoms with E-state index < -0.39 is 13.1 Å². The van der Waals surface area contributed by atoms with Crippen molar-refractivity contribution in [2.45, 2.75) is 44.5 Å². The third-order valence-corrected chi connectivity index (χ3v) is 2.71. The van der Waals surface area contributed by atoms with Crippen LogP contribution in [0.1, 0.15) is 38.5 Å². The topological polar surface area (TPSA) is 66.5 Å². The Labute approximate surface area is 74.1 Å². The van der Waals surface area contributed by atoms with Crippen molar-refractivity contribution in [3.05, 3.63) is 0 Å². The predicted molar refractivity (Wildman–Crippen MR) is 49.4 cm³/mol. The molecule has 0 saturated heterocycles. The lowest BCUT2D eigenvalue weighted by atomic mass is 9.72. The fourth-order valence-electron chi connectivity index (χ4n) is 1.93. The summed E-state index contributed by atoms with van der Waals surface area (Å²) < 4.78 is 0. The van der Waals surface area contributed by atoms with Gasteiger partial charge in [-0.15, -0.1) is 0 Å². The van der Waals surface area contributed by atoms with Gasteiger partial charge >= 0.3 is 7.12 Å². The van der Waals surface area contributed by atoms with Crippen LogP contribution in [0, 0.1) is 5.92 Å². The molecule has 0 amide bonds. The highest BCUT2D eigenvalue weighted by molar-refractivity contribution is 6.43. The van der Waals surface area contributed by atoms with Crippen LogP contribution in [0.2, 0.25) is 0 Å². The first-order chi connectivity index (χ1) is 5.70. The maximum Gasteiger partial charge on any atom is 0.469 e. The van der Waals surface area contributed by atoms with Crippen molar-refractivity contribution in [1.29, 1.82) is 0 Å². The summed E-state index contributed by atoms with van der Waals surface area (Å²) in [6.45, 7) is 0. The van der Waals surface area contributed by atoms with Crippen molar-refractivity contribution in [3.63, 3.8) is 0 Å². The van der Waals surface area contributed by atoms with Crippen LogP contribution in [0.25, 0.3) is 0 Å². The molecule has 4 N–H and O–H groups in total. The number of hydrogen-bond acceptors (Lipinski definition) is 3. The average Bonchev–Trinajstić information content (AvgIpc) is 2.06.